The van der Waals surface area contributed by atoms with Gasteiger partial charge in [0.05, 0.1) is 0 Å². The van der Waals surface area contributed by atoms with E-state index in [0.29, 0.717) is 5.92 Å². The second-order valence-electron chi connectivity index (χ2n) is 5.70. The van der Waals surface area contributed by atoms with Crippen molar-refractivity contribution in [2.24, 2.45) is 5.92 Å². The number of aromatic nitrogens is 3. The fourth-order valence-corrected chi connectivity index (χ4v) is 2.96. The standard InChI is InChI=1S/C17H22N4/c1-2-6-16(7-3-1)8-4-10-20-11-5-9-17(12-20)13-21-15-18-14-19-21/h1-4,6-8,14-15,17H,5,9-13H2/b8-4+/t17-/m0/s1. The van der Waals surface area contributed by atoms with Gasteiger partial charge in [0, 0.05) is 19.6 Å². The summed E-state index contributed by atoms with van der Waals surface area (Å²) in [5.74, 6) is 0.686. The van der Waals surface area contributed by atoms with E-state index >= 15 is 0 Å². The average Bonchev–Trinajstić information content (AvgIpc) is 3.02. The lowest BCUT2D eigenvalue weighted by atomic mass is 9.98. The Labute approximate surface area is 126 Å². The fourth-order valence-electron chi connectivity index (χ4n) is 2.96. The molecule has 4 heteroatoms. The minimum absolute atomic E-state index is 0.686. The second-order valence-corrected chi connectivity index (χ2v) is 5.70. The molecular weight excluding hydrogens is 260 g/mol. The zero-order valence-corrected chi connectivity index (χ0v) is 12.3. The molecular formula is C17H22N4. The van der Waals surface area contributed by atoms with Gasteiger partial charge < -0.3 is 0 Å². The summed E-state index contributed by atoms with van der Waals surface area (Å²) in [7, 11) is 0. The number of hydrogen-bond donors (Lipinski definition) is 0. The molecule has 0 aliphatic carbocycles. The molecule has 4 nitrogen and oxygen atoms in total. The van der Waals surface area contributed by atoms with Crippen molar-refractivity contribution in [3.8, 4) is 0 Å². The zero-order valence-electron chi connectivity index (χ0n) is 12.3. The lowest BCUT2D eigenvalue weighted by Crippen LogP contribution is -2.37. The van der Waals surface area contributed by atoms with Crippen LogP contribution < -0.4 is 0 Å². The van der Waals surface area contributed by atoms with Crippen LogP contribution in [-0.2, 0) is 6.54 Å². The Morgan fingerprint density at radius 3 is 2.95 bits per heavy atom. The predicted molar refractivity (Wildman–Crippen MR) is 84.7 cm³/mol. The maximum atomic E-state index is 4.21. The zero-order chi connectivity index (χ0) is 14.3. The van der Waals surface area contributed by atoms with Crippen LogP contribution in [-0.4, -0.2) is 39.3 Å². The Morgan fingerprint density at radius 2 is 2.14 bits per heavy atom. The van der Waals surface area contributed by atoms with Crippen molar-refractivity contribution in [1.29, 1.82) is 0 Å². The predicted octanol–water partition coefficient (Wildman–Crippen LogP) is 2.70. The van der Waals surface area contributed by atoms with Gasteiger partial charge in [0.2, 0.25) is 0 Å². The van der Waals surface area contributed by atoms with Crippen LogP contribution >= 0.6 is 0 Å². The van der Waals surface area contributed by atoms with E-state index in [0.717, 1.165) is 19.6 Å². The monoisotopic (exact) mass is 282 g/mol. The molecule has 1 aliphatic rings. The molecule has 2 aromatic rings. The number of likely N-dealkylation sites (tertiary alicyclic amines) is 1. The molecule has 1 aliphatic heterocycles. The molecule has 0 amide bonds. The van der Waals surface area contributed by atoms with E-state index in [2.05, 4.69) is 57.5 Å². The van der Waals surface area contributed by atoms with Crippen molar-refractivity contribution in [3.63, 3.8) is 0 Å². The van der Waals surface area contributed by atoms with Crippen molar-refractivity contribution in [3.05, 3.63) is 54.6 Å². The van der Waals surface area contributed by atoms with E-state index in [4.69, 9.17) is 0 Å². The van der Waals surface area contributed by atoms with E-state index in [1.54, 1.807) is 6.33 Å². The van der Waals surface area contributed by atoms with Crippen molar-refractivity contribution < 1.29 is 0 Å². The highest BCUT2D eigenvalue weighted by Crippen LogP contribution is 2.17. The Balaban J connectivity index is 1.48. The summed E-state index contributed by atoms with van der Waals surface area (Å²) in [6.45, 7) is 4.37. The largest absolute Gasteiger partial charge is 0.299 e. The van der Waals surface area contributed by atoms with Gasteiger partial charge in [0.25, 0.3) is 0 Å². The maximum Gasteiger partial charge on any atom is 0.137 e. The summed E-state index contributed by atoms with van der Waals surface area (Å²) >= 11 is 0. The van der Waals surface area contributed by atoms with Crippen LogP contribution in [0.2, 0.25) is 0 Å². The molecule has 0 bridgehead atoms. The van der Waals surface area contributed by atoms with Crippen LogP contribution in [0.1, 0.15) is 18.4 Å². The van der Waals surface area contributed by atoms with Crippen LogP contribution in [0.5, 0.6) is 0 Å². The number of piperidine rings is 1. The molecule has 1 saturated heterocycles. The molecule has 0 N–H and O–H groups in total. The smallest absolute Gasteiger partial charge is 0.137 e. The molecule has 0 unspecified atom stereocenters. The highest BCUT2D eigenvalue weighted by molar-refractivity contribution is 5.48. The van der Waals surface area contributed by atoms with Gasteiger partial charge in [-0.3, -0.25) is 9.58 Å². The first-order valence-electron chi connectivity index (χ1n) is 7.66. The lowest BCUT2D eigenvalue weighted by molar-refractivity contribution is 0.174. The van der Waals surface area contributed by atoms with Crippen LogP contribution in [0.25, 0.3) is 6.08 Å². The maximum absolute atomic E-state index is 4.21. The van der Waals surface area contributed by atoms with E-state index in [-0.39, 0.29) is 0 Å². The minimum Gasteiger partial charge on any atom is -0.299 e. The Morgan fingerprint density at radius 1 is 1.24 bits per heavy atom. The van der Waals surface area contributed by atoms with Crippen molar-refractivity contribution in [2.45, 2.75) is 19.4 Å². The molecule has 0 radical (unpaired) electrons. The topological polar surface area (TPSA) is 34.0 Å². The molecule has 1 aromatic heterocycles. The highest BCUT2D eigenvalue weighted by atomic mass is 15.3. The van der Waals surface area contributed by atoms with Crippen LogP contribution in [0, 0.1) is 5.92 Å². The van der Waals surface area contributed by atoms with Crippen molar-refractivity contribution in [2.75, 3.05) is 19.6 Å². The van der Waals surface area contributed by atoms with Gasteiger partial charge in [-0.25, -0.2) is 4.98 Å². The Bertz CT molecular complexity index is 547. The summed E-state index contributed by atoms with van der Waals surface area (Å²) in [5.41, 5.74) is 1.27. The van der Waals surface area contributed by atoms with E-state index in [1.807, 2.05) is 11.0 Å². The van der Waals surface area contributed by atoms with Gasteiger partial charge in [-0.05, 0) is 30.9 Å². The quantitative estimate of drug-likeness (QED) is 0.845. The SMILES string of the molecule is C(=C\c1ccccc1)/CN1CCC[C@H](Cn2cncn2)C1. The minimum atomic E-state index is 0.686. The molecule has 21 heavy (non-hydrogen) atoms. The summed E-state index contributed by atoms with van der Waals surface area (Å²) < 4.78 is 1.95. The first-order chi connectivity index (χ1) is 10.4. The van der Waals surface area contributed by atoms with Crippen LogP contribution in [0.3, 0.4) is 0 Å². The first kappa shape index (κ1) is 14.0. The van der Waals surface area contributed by atoms with Crippen LogP contribution in [0.15, 0.2) is 49.1 Å². The molecule has 1 fully saturated rings. The lowest BCUT2D eigenvalue weighted by Gasteiger charge is -2.31. The van der Waals surface area contributed by atoms with Gasteiger partial charge >= 0.3 is 0 Å². The van der Waals surface area contributed by atoms with Gasteiger partial charge in [0.15, 0.2) is 0 Å². The second kappa shape index (κ2) is 7.18. The van der Waals surface area contributed by atoms with Gasteiger partial charge in [0.1, 0.15) is 12.7 Å². The number of hydrogen-bond acceptors (Lipinski definition) is 3. The Kier molecular flexibility index (Phi) is 4.79. The molecule has 1 atom stereocenters. The summed E-state index contributed by atoms with van der Waals surface area (Å²) in [4.78, 5) is 6.55. The molecule has 0 saturated carbocycles. The van der Waals surface area contributed by atoms with Gasteiger partial charge in [-0.2, -0.15) is 5.10 Å². The van der Waals surface area contributed by atoms with E-state index < -0.39 is 0 Å². The van der Waals surface area contributed by atoms with E-state index in [9.17, 15) is 0 Å². The van der Waals surface area contributed by atoms with E-state index in [1.165, 1.54) is 24.9 Å². The molecule has 3 rings (SSSR count). The first-order valence-corrected chi connectivity index (χ1v) is 7.66. The summed E-state index contributed by atoms with van der Waals surface area (Å²) in [5, 5.41) is 4.21. The van der Waals surface area contributed by atoms with Crippen molar-refractivity contribution in [1.82, 2.24) is 19.7 Å². The Hall–Kier alpha value is -1.94. The summed E-state index contributed by atoms with van der Waals surface area (Å²) in [6.07, 6.45) is 10.5. The van der Waals surface area contributed by atoms with Crippen molar-refractivity contribution >= 4 is 6.08 Å². The third-order valence-electron chi connectivity index (χ3n) is 3.99. The third kappa shape index (κ3) is 4.26. The normalized spacial score (nSPS) is 20.1. The molecule has 1 aromatic carbocycles. The van der Waals surface area contributed by atoms with Gasteiger partial charge in [-0.1, -0.05) is 42.5 Å². The average molecular weight is 282 g/mol. The van der Waals surface area contributed by atoms with Gasteiger partial charge in [-0.15, -0.1) is 0 Å². The molecule has 2 heterocycles. The third-order valence-corrected chi connectivity index (χ3v) is 3.99. The summed E-state index contributed by atoms with van der Waals surface area (Å²) in [6, 6.07) is 10.5. The number of nitrogens with zero attached hydrogens (tertiary/aromatic N) is 4. The number of benzene rings is 1. The molecule has 110 valence electrons. The fraction of sp³-hybridized carbons (Fsp3) is 0.412. The highest BCUT2D eigenvalue weighted by Gasteiger charge is 2.19. The number of rotatable bonds is 5. The van der Waals surface area contributed by atoms with Crippen LogP contribution in [0.4, 0.5) is 0 Å². The molecule has 0 spiro atoms.